The summed E-state index contributed by atoms with van der Waals surface area (Å²) >= 11 is 7.23. The molecule has 1 N–H and O–H groups in total. The van der Waals surface area contributed by atoms with Gasteiger partial charge in [0, 0.05) is 11.9 Å². The third-order valence-electron chi connectivity index (χ3n) is 2.40. The van der Waals surface area contributed by atoms with Crippen LogP contribution in [-0.2, 0) is 0 Å². The van der Waals surface area contributed by atoms with Crippen molar-refractivity contribution < 1.29 is 0 Å². The fraction of sp³-hybridized carbons (Fsp3) is 0.250. The maximum absolute atomic E-state index is 9.27. The van der Waals surface area contributed by atoms with E-state index in [9.17, 15) is 5.26 Å². The van der Waals surface area contributed by atoms with Crippen LogP contribution in [0.4, 0.5) is 0 Å². The van der Waals surface area contributed by atoms with E-state index < -0.39 is 0 Å². The molecule has 0 fully saturated rings. The van der Waals surface area contributed by atoms with Gasteiger partial charge in [0.2, 0.25) is 5.28 Å². The molecule has 4 nitrogen and oxygen atoms in total. The van der Waals surface area contributed by atoms with E-state index in [2.05, 4.69) is 35.2 Å². The molecule has 0 aliphatic carbocycles. The Labute approximate surface area is 115 Å². The summed E-state index contributed by atoms with van der Waals surface area (Å²) in [5.41, 5.74) is 2.12. The predicted octanol–water partition coefficient (Wildman–Crippen LogP) is 3.16. The van der Waals surface area contributed by atoms with Gasteiger partial charge in [-0.2, -0.15) is 5.26 Å². The fourth-order valence-electron chi connectivity index (χ4n) is 1.41. The van der Waals surface area contributed by atoms with Crippen molar-refractivity contribution in [2.24, 2.45) is 5.92 Å². The van der Waals surface area contributed by atoms with Crippen LogP contribution in [0.25, 0.3) is 5.57 Å². The number of halogens is 1. The van der Waals surface area contributed by atoms with E-state index in [0.717, 1.165) is 10.7 Å². The molecule has 1 aliphatic heterocycles. The Kier molecular flexibility index (Phi) is 3.90. The molecule has 0 bridgehead atoms. The molecule has 1 aromatic rings. The zero-order chi connectivity index (χ0) is 13.1. The largest absolute Gasteiger partial charge is 0.352 e. The molecule has 0 amide bonds. The first-order valence-electron chi connectivity index (χ1n) is 5.39. The normalized spacial score (nSPS) is 17.2. The minimum absolute atomic E-state index is 0.140. The number of aromatic nitrogens is 2. The third-order valence-corrected chi connectivity index (χ3v) is 3.50. The summed E-state index contributed by atoms with van der Waals surface area (Å²) in [7, 11) is 0. The van der Waals surface area contributed by atoms with Crippen molar-refractivity contribution in [2.45, 2.75) is 13.8 Å². The van der Waals surface area contributed by atoms with Crippen LogP contribution in [0.5, 0.6) is 0 Å². The second-order valence-electron chi connectivity index (χ2n) is 4.00. The highest BCUT2D eigenvalue weighted by Gasteiger charge is 2.18. The van der Waals surface area contributed by atoms with Crippen LogP contribution in [-0.4, -0.2) is 9.97 Å². The Morgan fingerprint density at radius 1 is 1.56 bits per heavy atom. The molecule has 0 aromatic carbocycles. The molecule has 1 aliphatic rings. The van der Waals surface area contributed by atoms with Gasteiger partial charge in [-0.1, -0.05) is 25.6 Å². The van der Waals surface area contributed by atoms with E-state index in [0.29, 0.717) is 17.2 Å². The maximum Gasteiger partial charge on any atom is 0.222 e. The van der Waals surface area contributed by atoms with E-state index in [-0.39, 0.29) is 5.28 Å². The first-order valence-corrected chi connectivity index (χ1v) is 6.64. The minimum Gasteiger partial charge on any atom is -0.352 e. The molecule has 1 aromatic heterocycles. The lowest BCUT2D eigenvalue weighted by atomic mass is 10.1. The molecule has 18 heavy (non-hydrogen) atoms. The van der Waals surface area contributed by atoms with Gasteiger partial charge in [0.25, 0.3) is 0 Å². The molecule has 0 spiro atoms. The van der Waals surface area contributed by atoms with Crippen molar-refractivity contribution in [2.75, 3.05) is 0 Å². The predicted molar refractivity (Wildman–Crippen MR) is 73.2 cm³/mol. The summed E-state index contributed by atoms with van der Waals surface area (Å²) in [6, 6.07) is 3.83. The Morgan fingerprint density at radius 3 is 2.89 bits per heavy atom. The molecular weight excluding hydrogens is 268 g/mol. The summed E-state index contributed by atoms with van der Waals surface area (Å²) in [6.07, 6.45) is 1.54. The van der Waals surface area contributed by atoms with Gasteiger partial charge < -0.3 is 5.32 Å². The van der Waals surface area contributed by atoms with Crippen LogP contribution < -0.4 is 5.32 Å². The Balaban J connectivity index is 2.34. The lowest BCUT2D eigenvalue weighted by Gasteiger charge is -2.09. The third kappa shape index (κ3) is 2.66. The zero-order valence-corrected chi connectivity index (χ0v) is 11.5. The van der Waals surface area contributed by atoms with Gasteiger partial charge >= 0.3 is 0 Å². The molecule has 0 saturated heterocycles. The van der Waals surface area contributed by atoms with Crippen LogP contribution in [0.1, 0.15) is 19.5 Å². The van der Waals surface area contributed by atoms with Gasteiger partial charge in [0.05, 0.1) is 10.7 Å². The van der Waals surface area contributed by atoms with Crippen LogP contribution in [0.2, 0.25) is 5.28 Å². The highest BCUT2D eigenvalue weighted by atomic mass is 35.5. The van der Waals surface area contributed by atoms with E-state index >= 15 is 0 Å². The number of nitrogens with one attached hydrogen (secondary N) is 1. The van der Waals surface area contributed by atoms with Crippen molar-refractivity contribution in [3.8, 4) is 6.07 Å². The van der Waals surface area contributed by atoms with Gasteiger partial charge in [-0.15, -0.1) is 0 Å². The average molecular weight is 279 g/mol. The van der Waals surface area contributed by atoms with Crippen molar-refractivity contribution in [1.29, 1.82) is 5.26 Å². The van der Waals surface area contributed by atoms with E-state index in [4.69, 9.17) is 11.6 Å². The number of rotatable bonds is 2. The fourth-order valence-corrected chi connectivity index (χ4v) is 2.58. The average Bonchev–Trinajstić information content (AvgIpc) is 2.80. The first-order chi connectivity index (χ1) is 8.61. The van der Waals surface area contributed by atoms with Gasteiger partial charge in [0.15, 0.2) is 0 Å². The van der Waals surface area contributed by atoms with Crippen LogP contribution in [0, 0.1) is 17.2 Å². The summed E-state index contributed by atoms with van der Waals surface area (Å²) in [4.78, 5) is 7.86. The summed E-state index contributed by atoms with van der Waals surface area (Å²) in [6.45, 7) is 4.19. The highest BCUT2D eigenvalue weighted by molar-refractivity contribution is 8.06. The monoisotopic (exact) mass is 278 g/mol. The van der Waals surface area contributed by atoms with Gasteiger partial charge in [-0.25, -0.2) is 9.97 Å². The topological polar surface area (TPSA) is 61.6 Å². The van der Waals surface area contributed by atoms with Gasteiger partial charge in [-0.05, 0) is 29.0 Å². The number of allylic oxidation sites excluding steroid dienone is 2. The standard InChI is InChI=1S/C12H11ClN4S/c1-7(2)10-6-18-11(16-10)8(5-14)9-3-4-15-12(13)17-9/h3-4,6-7,16H,1-2H3. The minimum atomic E-state index is 0.140. The van der Waals surface area contributed by atoms with Crippen LogP contribution >= 0.6 is 23.4 Å². The maximum atomic E-state index is 9.27. The SMILES string of the molecule is CC(C)C1=CSC(=C(C#N)c2ccnc(Cl)n2)N1. The van der Waals surface area contributed by atoms with E-state index in [1.807, 2.05) is 5.41 Å². The molecule has 0 radical (unpaired) electrons. The van der Waals surface area contributed by atoms with Crippen LogP contribution in [0.3, 0.4) is 0 Å². The molecule has 92 valence electrons. The zero-order valence-electron chi connectivity index (χ0n) is 9.94. The molecule has 0 unspecified atom stereocenters. The summed E-state index contributed by atoms with van der Waals surface area (Å²) in [5.74, 6) is 0.393. The second kappa shape index (κ2) is 5.42. The second-order valence-corrected chi connectivity index (χ2v) is 5.22. The number of nitrogens with zero attached hydrogens (tertiary/aromatic N) is 3. The smallest absolute Gasteiger partial charge is 0.222 e. The molecule has 2 rings (SSSR count). The molecule has 0 atom stereocenters. The van der Waals surface area contributed by atoms with Gasteiger partial charge in [0.1, 0.15) is 11.6 Å². The molecule has 6 heteroatoms. The Bertz CT molecular complexity index is 572. The quantitative estimate of drug-likeness (QED) is 0.665. The Morgan fingerprint density at radius 2 is 2.33 bits per heavy atom. The number of thioether (sulfide) groups is 1. The Hall–Kier alpha value is -1.51. The molecule has 2 heterocycles. The number of nitriles is 1. The van der Waals surface area contributed by atoms with Crippen molar-refractivity contribution in [3.05, 3.63) is 39.4 Å². The first kappa shape index (κ1) is 12.9. The lowest BCUT2D eigenvalue weighted by Crippen LogP contribution is -2.11. The van der Waals surface area contributed by atoms with Crippen LogP contribution in [0.15, 0.2) is 28.4 Å². The lowest BCUT2D eigenvalue weighted by molar-refractivity contribution is 0.719. The summed E-state index contributed by atoms with van der Waals surface area (Å²) < 4.78 is 0. The van der Waals surface area contributed by atoms with E-state index in [1.54, 1.807) is 12.3 Å². The highest BCUT2D eigenvalue weighted by Crippen LogP contribution is 2.33. The van der Waals surface area contributed by atoms with Crippen molar-refractivity contribution in [1.82, 2.24) is 15.3 Å². The molecule has 0 saturated carbocycles. The summed E-state index contributed by atoms with van der Waals surface area (Å²) in [5, 5.41) is 15.4. The molecular formula is C12H11ClN4S. The van der Waals surface area contributed by atoms with Crippen molar-refractivity contribution >= 4 is 28.9 Å². The van der Waals surface area contributed by atoms with Crippen molar-refractivity contribution in [3.63, 3.8) is 0 Å². The number of hydrogen-bond donors (Lipinski definition) is 1. The number of hydrogen-bond acceptors (Lipinski definition) is 5. The van der Waals surface area contributed by atoms with E-state index in [1.165, 1.54) is 11.8 Å². The van der Waals surface area contributed by atoms with Gasteiger partial charge in [-0.3, -0.25) is 0 Å².